The number of H-pyrrole nitrogens is 1. The number of rotatable bonds is 2. The molecule has 8 heteroatoms. The molecule has 30 heavy (non-hydrogen) atoms. The van der Waals surface area contributed by atoms with E-state index in [0.29, 0.717) is 47.6 Å². The van der Waals surface area contributed by atoms with E-state index in [2.05, 4.69) is 5.10 Å². The Labute approximate surface area is 170 Å². The van der Waals surface area contributed by atoms with E-state index in [9.17, 15) is 4.79 Å². The minimum absolute atomic E-state index is 0.194. The van der Waals surface area contributed by atoms with Crippen molar-refractivity contribution in [3.8, 4) is 45.4 Å². The van der Waals surface area contributed by atoms with Crippen LogP contribution in [0.2, 0.25) is 0 Å². The number of hydrogen-bond donors (Lipinski definition) is 1. The Balaban J connectivity index is 1.54. The zero-order valence-electron chi connectivity index (χ0n) is 16.1. The van der Waals surface area contributed by atoms with Crippen molar-refractivity contribution in [3.05, 3.63) is 58.5 Å². The average molecular weight is 403 g/mol. The van der Waals surface area contributed by atoms with Gasteiger partial charge in [-0.25, -0.2) is 9.50 Å². The zero-order chi connectivity index (χ0) is 20.2. The van der Waals surface area contributed by atoms with Crippen molar-refractivity contribution in [1.82, 2.24) is 14.6 Å². The van der Waals surface area contributed by atoms with Gasteiger partial charge in [0.15, 0.2) is 28.6 Å². The number of nitrogens with zero attached hydrogens (tertiary/aromatic N) is 2. The number of benzene rings is 2. The molecular formula is C22H17N3O5. The lowest BCUT2D eigenvalue weighted by Crippen LogP contribution is -2.15. The summed E-state index contributed by atoms with van der Waals surface area (Å²) in [7, 11) is 0. The number of ether oxygens (including phenoxy) is 4. The van der Waals surface area contributed by atoms with Gasteiger partial charge in [-0.05, 0) is 42.8 Å². The molecule has 0 amide bonds. The van der Waals surface area contributed by atoms with Crippen LogP contribution < -0.4 is 24.5 Å². The Hall–Kier alpha value is -3.94. The molecule has 8 nitrogen and oxygen atoms in total. The Kier molecular flexibility index (Phi) is 3.55. The van der Waals surface area contributed by atoms with Crippen LogP contribution in [0.1, 0.15) is 5.69 Å². The van der Waals surface area contributed by atoms with Crippen molar-refractivity contribution < 1.29 is 18.9 Å². The van der Waals surface area contributed by atoms with Crippen molar-refractivity contribution >= 4 is 5.65 Å². The third-order valence-corrected chi connectivity index (χ3v) is 5.30. The van der Waals surface area contributed by atoms with Crippen LogP contribution in [0.15, 0.2) is 47.3 Å². The van der Waals surface area contributed by atoms with Crippen molar-refractivity contribution in [2.24, 2.45) is 0 Å². The number of aryl methyl sites for hydroxylation is 1. The predicted octanol–water partition coefficient (Wildman–Crippen LogP) is 3.16. The van der Waals surface area contributed by atoms with E-state index in [-0.39, 0.29) is 12.4 Å². The van der Waals surface area contributed by atoms with Crippen LogP contribution in [0.25, 0.3) is 28.0 Å². The minimum Gasteiger partial charge on any atom is -0.486 e. The molecule has 4 aromatic rings. The normalized spacial score (nSPS) is 14.3. The molecule has 2 aliphatic rings. The Morgan fingerprint density at radius 1 is 0.867 bits per heavy atom. The van der Waals surface area contributed by atoms with Crippen LogP contribution in [-0.2, 0) is 0 Å². The number of fused-ring (bicyclic) bond motifs is 3. The molecule has 150 valence electrons. The third kappa shape index (κ3) is 2.53. The SMILES string of the molecule is Cc1[nH]n2c(=O)cc(-c3ccc4c(c3)OCO4)nc2c1-c1ccc2c(c1)OCCO2. The quantitative estimate of drug-likeness (QED) is 0.553. The van der Waals surface area contributed by atoms with E-state index in [1.165, 1.54) is 10.6 Å². The highest BCUT2D eigenvalue weighted by molar-refractivity contribution is 5.82. The molecule has 0 fully saturated rings. The molecule has 0 saturated heterocycles. The fraction of sp³-hybridized carbons (Fsp3) is 0.182. The van der Waals surface area contributed by atoms with Gasteiger partial charge in [-0.1, -0.05) is 6.07 Å². The molecule has 0 saturated carbocycles. The summed E-state index contributed by atoms with van der Waals surface area (Å²) in [6.07, 6.45) is 0. The maximum absolute atomic E-state index is 12.8. The predicted molar refractivity (Wildman–Crippen MR) is 109 cm³/mol. The lowest BCUT2D eigenvalue weighted by atomic mass is 10.0. The van der Waals surface area contributed by atoms with Crippen LogP contribution in [0.3, 0.4) is 0 Å². The number of aromatic amines is 1. The molecule has 0 unspecified atom stereocenters. The fourth-order valence-corrected chi connectivity index (χ4v) is 3.90. The van der Waals surface area contributed by atoms with E-state index < -0.39 is 0 Å². The summed E-state index contributed by atoms with van der Waals surface area (Å²) in [5.74, 6) is 2.73. The van der Waals surface area contributed by atoms with Gasteiger partial charge in [-0.3, -0.25) is 9.89 Å². The summed E-state index contributed by atoms with van der Waals surface area (Å²) in [6, 6.07) is 12.8. The highest BCUT2D eigenvalue weighted by atomic mass is 16.7. The van der Waals surface area contributed by atoms with Crippen molar-refractivity contribution in [2.45, 2.75) is 6.92 Å². The standard InChI is InChI=1S/C22H17N3O5/c1-12-21(14-3-5-16-18(9-14)28-7-6-27-16)22-23-15(10-20(26)25(22)24-12)13-2-4-17-19(8-13)30-11-29-17/h2-5,8-10,24H,6-7,11H2,1H3. The first-order valence-electron chi connectivity index (χ1n) is 9.60. The molecular weight excluding hydrogens is 386 g/mol. The molecule has 2 aromatic carbocycles. The first-order chi connectivity index (χ1) is 14.7. The van der Waals surface area contributed by atoms with Gasteiger partial charge in [-0.2, -0.15) is 0 Å². The monoisotopic (exact) mass is 403 g/mol. The Morgan fingerprint density at radius 3 is 2.40 bits per heavy atom. The Morgan fingerprint density at radius 2 is 1.53 bits per heavy atom. The van der Waals surface area contributed by atoms with E-state index >= 15 is 0 Å². The molecule has 0 radical (unpaired) electrons. The average Bonchev–Trinajstić information content (AvgIpc) is 3.36. The molecule has 0 bridgehead atoms. The first kappa shape index (κ1) is 17.0. The molecule has 0 aliphatic carbocycles. The first-order valence-corrected chi connectivity index (χ1v) is 9.60. The maximum Gasteiger partial charge on any atom is 0.273 e. The largest absolute Gasteiger partial charge is 0.486 e. The summed E-state index contributed by atoms with van der Waals surface area (Å²) in [5.41, 5.74) is 4.27. The lowest BCUT2D eigenvalue weighted by Gasteiger charge is -2.18. The third-order valence-electron chi connectivity index (χ3n) is 5.30. The van der Waals surface area contributed by atoms with E-state index in [1.54, 1.807) is 0 Å². The van der Waals surface area contributed by atoms with Crippen LogP contribution in [-0.4, -0.2) is 34.6 Å². The molecule has 0 atom stereocenters. The van der Waals surface area contributed by atoms with Gasteiger partial charge in [0.1, 0.15) is 13.2 Å². The smallest absolute Gasteiger partial charge is 0.273 e. The second kappa shape index (κ2) is 6.28. The van der Waals surface area contributed by atoms with Gasteiger partial charge >= 0.3 is 0 Å². The van der Waals surface area contributed by atoms with Crippen molar-refractivity contribution in [1.29, 1.82) is 0 Å². The van der Waals surface area contributed by atoms with Gasteiger partial charge in [0.2, 0.25) is 6.79 Å². The van der Waals surface area contributed by atoms with Crippen molar-refractivity contribution in [2.75, 3.05) is 20.0 Å². The van der Waals surface area contributed by atoms with Crippen LogP contribution in [0.4, 0.5) is 0 Å². The second-order valence-corrected chi connectivity index (χ2v) is 7.18. The number of hydrogen-bond acceptors (Lipinski definition) is 6. The van der Waals surface area contributed by atoms with Crippen LogP contribution in [0, 0.1) is 6.92 Å². The minimum atomic E-state index is -0.195. The zero-order valence-corrected chi connectivity index (χ0v) is 16.1. The molecule has 1 N–H and O–H groups in total. The van der Waals surface area contributed by atoms with E-state index in [0.717, 1.165) is 22.4 Å². The highest BCUT2D eigenvalue weighted by Crippen LogP contribution is 2.38. The molecule has 2 aliphatic heterocycles. The lowest BCUT2D eigenvalue weighted by molar-refractivity contribution is 0.171. The summed E-state index contributed by atoms with van der Waals surface area (Å²) in [4.78, 5) is 17.6. The Bertz CT molecular complexity index is 1370. The van der Waals surface area contributed by atoms with Gasteiger partial charge in [0.05, 0.1) is 5.69 Å². The van der Waals surface area contributed by atoms with Gasteiger partial charge in [0.25, 0.3) is 5.56 Å². The summed E-state index contributed by atoms with van der Waals surface area (Å²) in [5, 5.41) is 3.12. The van der Waals surface area contributed by atoms with Gasteiger partial charge in [-0.15, -0.1) is 0 Å². The number of aromatic nitrogens is 3. The molecule has 2 aromatic heterocycles. The topological polar surface area (TPSA) is 87.1 Å². The van der Waals surface area contributed by atoms with Crippen LogP contribution >= 0.6 is 0 Å². The molecule has 0 spiro atoms. The van der Waals surface area contributed by atoms with E-state index in [4.69, 9.17) is 23.9 Å². The summed E-state index contributed by atoms with van der Waals surface area (Å²) >= 11 is 0. The highest BCUT2D eigenvalue weighted by Gasteiger charge is 2.20. The molecule has 4 heterocycles. The van der Waals surface area contributed by atoms with Gasteiger partial charge in [0, 0.05) is 22.9 Å². The second-order valence-electron chi connectivity index (χ2n) is 7.18. The summed E-state index contributed by atoms with van der Waals surface area (Å²) in [6.45, 7) is 3.16. The number of nitrogens with one attached hydrogen (secondary N) is 1. The van der Waals surface area contributed by atoms with Crippen molar-refractivity contribution in [3.63, 3.8) is 0 Å². The maximum atomic E-state index is 12.8. The fourth-order valence-electron chi connectivity index (χ4n) is 3.90. The van der Waals surface area contributed by atoms with Crippen LogP contribution in [0.5, 0.6) is 23.0 Å². The van der Waals surface area contributed by atoms with Gasteiger partial charge < -0.3 is 18.9 Å². The molecule has 6 rings (SSSR count). The summed E-state index contributed by atoms with van der Waals surface area (Å²) < 4.78 is 23.6. The van der Waals surface area contributed by atoms with E-state index in [1.807, 2.05) is 43.3 Å².